The summed E-state index contributed by atoms with van der Waals surface area (Å²) in [5.74, 6) is 0.00849. The van der Waals surface area contributed by atoms with Crippen LogP contribution < -0.4 is 5.73 Å². The van der Waals surface area contributed by atoms with E-state index >= 15 is 0 Å². The number of carbonyl (C=O) groups is 1. The van der Waals surface area contributed by atoms with Gasteiger partial charge in [-0.15, -0.1) is 0 Å². The molecule has 1 aliphatic heterocycles. The molecule has 0 spiro atoms. The van der Waals surface area contributed by atoms with Crippen molar-refractivity contribution in [2.24, 2.45) is 11.1 Å². The number of ether oxygens (including phenoxy) is 1. The maximum Gasteiger partial charge on any atom is 0.240 e. The topological polar surface area (TPSA) is 73.4 Å². The predicted molar refractivity (Wildman–Crippen MR) is 85.5 cm³/mol. The second-order valence-electron chi connectivity index (χ2n) is 7.23. The monoisotopic (exact) mass is 308 g/mol. The van der Waals surface area contributed by atoms with E-state index in [9.17, 15) is 4.79 Å². The first-order chi connectivity index (χ1) is 10.2. The van der Waals surface area contributed by atoms with Gasteiger partial charge < -0.3 is 15.4 Å². The lowest BCUT2D eigenvalue weighted by Crippen LogP contribution is -2.55. The minimum Gasteiger partial charge on any atom is -0.373 e. The van der Waals surface area contributed by atoms with Crippen LogP contribution >= 0.6 is 0 Å². The molecule has 2 atom stereocenters. The third kappa shape index (κ3) is 3.87. The van der Waals surface area contributed by atoms with Crippen LogP contribution in [0.3, 0.4) is 0 Å². The molecule has 2 rings (SSSR count). The number of hydrogen-bond acceptors (Lipinski definition) is 4. The van der Waals surface area contributed by atoms with Crippen LogP contribution in [0.1, 0.15) is 32.2 Å². The van der Waals surface area contributed by atoms with E-state index in [4.69, 9.17) is 10.5 Å². The van der Waals surface area contributed by atoms with Gasteiger partial charge in [-0.05, 0) is 25.3 Å². The van der Waals surface area contributed by atoms with E-state index in [1.807, 2.05) is 50.3 Å². The lowest BCUT2D eigenvalue weighted by Gasteiger charge is -2.37. The fraction of sp³-hybridized carbons (Fsp3) is 0.750. The standard InChI is InChI=1S/C16H28N4O2/c1-11-8-12(2)20(18-11)10-13-9-19(6-7-22-13)15(21)14(17)16(3,4)5/h8,13-14H,6-7,9-10,17H2,1-5H3/t13?,14-/m1/s1. The van der Waals surface area contributed by atoms with Crippen LogP contribution in [0.25, 0.3) is 0 Å². The lowest BCUT2D eigenvalue weighted by molar-refractivity contribution is -0.143. The Labute approximate surface area is 132 Å². The van der Waals surface area contributed by atoms with Crippen molar-refractivity contribution in [3.63, 3.8) is 0 Å². The van der Waals surface area contributed by atoms with Crippen molar-refractivity contribution in [1.29, 1.82) is 0 Å². The van der Waals surface area contributed by atoms with E-state index in [-0.39, 0.29) is 17.4 Å². The van der Waals surface area contributed by atoms with Crippen LogP contribution in [0.4, 0.5) is 0 Å². The van der Waals surface area contributed by atoms with Gasteiger partial charge in [0.15, 0.2) is 0 Å². The first kappa shape index (κ1) is 17.0. The normalized spacial score (nSPS) is 21.0. The van der Waals surface area contributed by atoms with Crippen molar-refractivity contribution in [2.45, 2.75) is 53.3 Å². The highest BCUT2D eigenvalue weighted by atomic mass is 16.5. The summed E-state index contributed by atoms with van der Waals surface area (Å²) in [5.41, 5.74) is 7.97. The minimum absolute atomic E-state index is 0.00849. The highest BCUT2D eigenvalue weighted by Gasteiger charge is 2.33. The first-order valence-electron chi connectivity index (χ1n) is 7.85. The maximum absolute atomic E-state index is 12.5. The van der Waals surface area contributed by atoms with Crippen LogP contribution in [-0.2, 0) is 16.1 Å². The number of hydrogen-bond donors (Lipinski definition) is 1. The van der Waals surface area contributed by atoms with Crippen LogP contribution in [0.15, 0.2) is 6.07 Å². The van der Waals surface area contributed by atoms with Crippen molar-refractivity contribution in [2.75, 3.05) is 19.7 Å². The zero-order valence-corrected chi connectivity index (χ0v) is 14.3. The Bertz CT molecular complexity index is 533. The van der Waals surface area contributed by atoms with Crippen molar-refractivity contribution in [3.05, 3.63) is 17.5 Å². The van der Waals surface area contributed by atoms with Gasteiger partial charge in [0.2, 0.25) is 5.91 Å². The van der Waals surface area contributed by atoms with Crippen molar-refractivity contribution < 1.29 is 9.53 Å². The van der Waals surface area contributed by atoms with Crippen molar-refractivity contribution >= 4 is 5.91 Å². The smallest absolute Gasteiger partial charge is 0.240 e. The van der Waals surface area contributed by atoms with Crippen molar-refractivity contribution in [1.82, 2.24) is 14.7 Å². The molecule has 1 amide bonds. The summed E-state index contributed by atoms with van der Waals surface area (Å²) in [6.07, 6.45) is -0.0390. The Kier molecular flexibility index (Phi) is 4.92. The molecule has 2 N–H and O–H groups in total. The van der Waals surface area contributed by atoms with Gasteiger partial charge in [-0.2, -0.15) is 5.10 Å². The number of carbonyl (C=O) groups excluding carboxylic acids is 1. The van der Waals surface area contributed by atoms with Crippen LogP contribution in [0.5, 0.6) is 0 Å². The zero-order valence-electron chi connectivity index (χ0n) is 14.3. The van der Waals surface area contributed by atoms with Gasteiger partial charge in [0.1, 0.15) is 0 Å². The molecule has 1 saturated heterocycles. The molecule has 0 aliphatic carbocycles. The van der Waals surface area contributed by atoms with E-state index in [1.54, 1.807) is 0 Å². The van der Waals surface area contributed by atoms with E-state index in [2.05, 4.69) is 5.10 Å². The summed E-state index contributed by atoms with van der Waals surface area (Å²) >= 11 is 0. The summed E-state index contributed by atoms with van der Waals surface area (Å²) < 4.78 is 7.74. The fourth-order valence-electron chi connectivity index (χ4n) is 2.65. The molecule has 2 heterocycles. The number of nitrogens with zero attached hydrogens (tertiary/aromatic N) is 3. The largest absolute Gasteiger partial charge is 0.373 e. The summed E-state index contributed by atoms with van der Waals surface area (Å²) in [4.78, 5) is 14.4. The SMILES string of the molecule is Cc1cc(C)n(CC2CN(C(=O)[C@@H](N)C(C)(C)C)CCO2)n1. The number of aromatic nitrogens is 2. The minimum atomic E-state index is -0.486. The molecule has 6 nitrogen and oxygen atoms in total. The van der Waals surface area contributed by atoms with Crippen LogP contribution in [0, 0.1) is 19.3 Å². The van der Waals surface area contributed by atoms with E-state index in [1.165, 1.54) is 0 Å². The molecule has 6 heteroatoms. The van der Waals surface area contributed by atoms with Gasteiger partial charge in [-0.1, -0.05) is 20.8 Å². The number of nitrogens with two attached hydrogens (primary N) is 1. The fourth-order valence-corrected chi connectivity index (χ4v) is 2.65. The molecule has 0 radical (unpaired) electrons. The van der Waals surface area contributed by atoms with Crippen molar-refractivity contribution in [3.8, 4) is 0 Å². The third-order valence-corrected chi connectivity index (χ3v) is 4.13. The number of rotatable bonds is 3. The van der Waals surface area contributed by atoms with Gasteiger partial charge >= 0.3 is 0 Å². The molecule has 124 valence electrons. The molecule has 22 heavy (non-hydrogen) atoms. The Morgan fingerprint density at radius 3 is 2.73 bits per heavy atom. The van der Waals surface area contributed by atoms with Gasteiger partial charge in [0.05, 0.1) is 31.0 Å². The molecule has 1 aliphatic rings. The average molecular weight is 308 g/mol. The Hall–Kier alpha value is -1.40. The first-order valence-corrected chi connectivity index (χ1v) is 7.85. The second-order valence-corrected chi connectivity index (χ2v) is 7.23. The quantitative estimate of drug-likeness (QED) is 0.907. The molecule has 1 aromatic rings. The summed E-state index contributed by atoms with van der Waals surface area (Å²) in [6, 6.07) is 1.56. The summed E-state index contributed by atoms with van der Waals surface area (Å²) in [6.45, 7) is 12.4. The van der Waals surface area contributed by atoms with E-state index < -0.39 is 6.04 Å². The molecule has 0 saturated carbocycles. The lowest BCUT2D eigenvalue weighted by atomic mass is 9.86. The Morgan fingerprint density at radius 2 is 2.18 bits per heavy atom. The third-order valence-electron chi connectivity index (χ3n) is 4.13. The highest BCUT2D eigenvalue weighted by Crippen LogP contribution is 2.20. The molecule has 1 fully saturated rings. The zero-order chi connectivity index (χ0) is 16.5. The van der Waals surface area contributed by atoms with Gasteiger partial charge in [-0.3, -0.25) is 9.48 Å². The van der Waals surface area contributed by atoms with Crippen LogP contribution in [-0.4, -0.2) is 52.4 Å². The molecular weight excluding hydrogens is 280 g/mol. The second kappa shape index (κ2) is 6.38. The van der Waals surface area contributed by atoms with Gasteiger partial charge in [0.25, 0.3) is 0 Å². The van der Waals surface area contributed by atoms with Gasteiger partial charge in [-0.25, -0.2) is 0 Å². The highest BCUT2D eigenvalue weighted by molar-refractivity contribution is 5.82. The summed E-state index contributed by atoms with van der Waals surface area (Å²) in [7, 11) is 0. The molecule has 1 aromatic heterocycles. The molecule has 0 bridgehead atoms. The summed E-state index contributed by atoms with van der Waals surface area (Å²) in [5, 5.41) is 4.46. The number of aryl methyl sites for hydroxylation is 2. The Balaban J connectivity index is 2.00. The predicted octanol–water partition coefficient (Wildman–Crippen LogP) is 1.10. The van der Waals surface area contributed by atoms with E-state index in [0.29, 0.717) is 26.2 Å². The van der Waals surface area contributed by atoms with Gasteiger partial charge in [0, 0.05) is 18.8 Å². The van der Waals surface area contributed by atoms with E-state index in [0.717, 1.165) is 11.4 Å². The maximum atomic E-state index is 12.5. The average Bonchev–Trinajstić information content (AvgIpc) is 2.74. The molecular formula is C16H28N4O2. The Morgan fingerprint density at radius 1 is 1.50 bits per heavy atom. The van der Waals surface area contributed by atoms with Crippen LogP contribution in [0.2, 0.25) is 0 Å². The molecule has 1 unspecified atom stereocenters. The number of morpholine rings is 1. The molecule has 0 aromatic carbocycles. The number of amides is 1.